The molecule has 4 rings (SSSR count). The number of nitrogens with one attached hydrogen (secondary N) is 2. The number of hydrogen-bond acceptors (Lipinski definition) is 5. The van der Waals surface area contributed by atoms with Crippen LogP contribution in [0.2, 0.25) is 0 Å². The summed E-state index contributed by atoms with van der Waals surface area (Å²) >= 11 is 0. The third-order valence-corrected chi connectivity index (χ3v) is 6.24. The van der Waals surface area contributed by atoms with Gasteiger partial charge < -0.3 is 15.4 Å². The van der Waals surface area contributed by atoms with Crippen molar-refractivity contribution in [3.63, 3.8) is 0 Å². The first kappa shape index (κ1) is 18.6. The Bertz CT molecular complexity index is 558. The highest BCUT2D eigenvalue weighted by Crippen LogP contribution is 2.48. The van der Waals surface area contributed by atoms with Gasteiger partial charge in [-0.3, -0.25) is 19.3 Å². The fourth-order valence-corrected chi connectivity index (χ4v) is 4.72. The maximum Gasteiger partial charge on any atom is 0.243 e. The van der Waals surface area contributed by atoms with E-state index in [4.69, 9.17) is 4.74 Å². The number of likely N-dealkylation sites (tertiary alicyclic amines) is 1. The molecule has 2 bridgehead atoms. The van der Waals surface area contributed by atoms with Crippen LogP contribution in [-0.2, 0) is 19.1 Å². The summed E-state index contributed by atoms with van der Waals surface area (Å²) in [5, 5.41) is 6.28. The summed E-state index contributed by atoms with van der Waals surface area (Å²) in [6.07, 6.45) is 2.40. The number of hydrogen-bond donors (Lipinski definition) is 2. The zero-order valence-electron chi connectivity index (χ0n) is 14.6. The monoisotopic (exact) mass is 371 g/mol. The maximum absolute atomic E-state index is 12.7. The summed E-state index contributed by atoms with van der Waals surface area (Å²) in [5.74, 6) is -1.06. The minimum atomic E-state index is -0.760. The molecular weight excluding hydrogens is 346 g/mol. The Labute approximate surface area is 153 Å². The van der Waals surface area contributed by atoms with E-state index in [1.807, 2.05) is 0 Å². The van der Waals surface area contributed by atoms with E-state index in [2.05, 4.69) is 17.6 Å². The predicted octanol–water partition coefficient (Wildman–Crippen LogP) is 0.0733. The average molecular weight is 372 g/mol. The molecule has 0 aromatic carbocycles. The number of imide groups is 1. The van der Waals surface area contributed by atoms with Gasteiger partial charge in [-0.1, -0.05) is 6.92 Å². The molecule has 0 aromatic rings. The van der Waals surface area contributed by atoms with E-state index in [9.17, 15) is 14.4 Å². The smallest absolute Gasteiger partial charge is 0.243 e. The van der Waals surface area contributed by atoms with Gasteiger partial charge in [0, 0.05) is 12.6 Å². The van der Waals surface area contributed by atoms with Gasteiger partial charge in [0.2, 0.25) is 17.7 Å². The zero-order valence-corrected chi connectivity index (χ0v) is 15.4. The lowest BCUT2D eigenvalue weighted by Crippen LogP contribution is -2.56. The van der Waals surface area contributed by atoms with Gasteiger partial charge in [-0.25, -0.2) is 0 Å². The highest BCUT2D eigenvalue weighted by atomic mass is 35.5. The fourth-order valence-electron chi connectivity index (χ4n) is 4.72. The van der Waals surface area contributed by atoms with Crippen LogP contribution in [0.4, 0.5) is 0 Å². The number of carbonyl (C=O) groups excluding carboxylic acids is 3. The topological polar surface area (TPSA) is 87.7 Å². The van der Waals surface area contributed by atoms with E-state index in [1.54, 1.807) is 6.92 Å². The summed E-state index contributed by atoms with van der Waals surface area (Å²) in [7, 11) is 0. The lowest BCUT2D eigenvalue weighted by Gasteiger charge is -2.32. The first-order valence-electron chi connectivity index (χ1n) is 9.02. The number of nitrogens with zero attached hydrogens (tertiary/aromatic N) is 1. The van der Waals surface area contributed by atoms with Gasteiger partial charge in [-0.05, 0) is 38.6 Å². The minimum absolute atomic E-state index is 0. The third-order valence-electron chi connectivity index (χ3n) is 6.24. The molecule has 7 atom stereocenters. The molecule has 8 heteroatoms. The molecule has 140 valence electrons. The van der Waals surface area contributed by atoms with E-state index in [0.29, 0.717) is 5.92 Å². The molecule has 0 saturated carbocycles. The summed E-state index contributed by atoms with van der Waals surface area (Å²) in [4.78, 5) is 39.3. The number of carbonyl (C=O) groups is 3. The van der Waals surface area contributed by atoms with Crippen molar-refractivity contribution in [1.29, 1.82) is 0 Å². The normalized spacial score (nSPS) is 40.6. The molecule has 3 amide bonds. The largest absolute Gasteiger partial charge is 0.373 e. The van der Waals surface area contributed by atoms with E-state index >= 15 is 0 Å². The lowest BCUT2D eigenvalue weighted by atomic mass is 9.81. The average Bonchev–Trinajstić information content (AvgIpc) is 3.23. The zero-order chi connectivity index (χ0) is 17.0. The van der Waals surface area contributed by atoms with Gasteiger partial charge in [0.05, 0.1) is 24.0 Å². The Morgan fingerprint density at radius 3 is 2.36 bits per heavy atom. The maximum atomic E-state index is 12.7. The Kier molecular flexibility index (Phi) is 5.10. The first-order valence-corrected chi connectivity index (χ1v) is 9.02. The van der Waals surface area contributed by atoms with E-state index in [1.165, 1.54) is 4.90 Å². The molecule has 4 heterocycles. The predicted molar refractivity (Wildman–Crippen MR) is 92.0 cm³/mol. The van der Waals surface area contributed by atoms with Gasteiger partial charge in [0.25, 0.3) is 0 Å². The van der Waals surface area contributed by atoms with Crippen molar-refractivity contribution in [2.24, 2.45) is 17.8 Å². The van der Waals surface area contributed by atoms with E-state index < -0.39 is 6.04 Å². The quantitative estimate of drug-likeness (QED) is 0.686. The molecule has 7 nitrogen and oxygen atoms in total. The van der Waals surface area contributed by atoms with Crippen LogP contribution in [0, 0.1) is 17.8 Å². The molecule has 4 saturated heterocycles. The molecular formula is C17H26ClN3O4. The summed E-state index contributed by atoms with van der Waals surface area (Å²) in [5.41, 5.74) is 0. The van der Waals surface area contributed by atoms with Crippen molar-refractivity contribution < 1.29 is 19.1 Å². The number of fused-ring (bicyclic) bond motifs is 5. The minimum Gasteiger partial charge on any atom is -0.373 e. The summed E-state index contributed by atoms with van der Waals surface area (Å²) < 4.78 is 5.73. The molecule has 2 N–H and O–H groups in total. The number of ether oxygens (including phenoxy) is 1. The third kappa shape index (κ3) is 2.86. The van der Waals surface area contributed by atoms with Crippen LogP contribution in [0.25, 0.3) is 0 Å². The van der Waals surface area contributed by atoms with Crippen LogP contribution < -0.4 is 10.6 Å². The molecule has 7 unspecified atom stereocenters. The molecule has 4 aliphatic heterocycles. The molecule has 0 radical (unpaired) electrons. The van der Waals surface area contributed by atoms with E-state index in [0.717, 1.165) is 32.4 Å². The molecule has 25 heavy (non-hydrogen) atoms. The van der Waals surface area contributed by atoms with Gasteiger partial charge in [0.15, 0.2) is 0 Å². The van der Waals surface area contributed by atoms with Crippen molar-refractivity contribution >= 4 is 30.1 Å². The molecule has 0 spiro atoms. The van der Waals surface area contributed by atoms with Gasteiger partial charge in [-0.2, -0.15) is 0 Å². The number of rotatable bonds is 3. The van der Waals surface area contributed by atoms with Crippen LogP contribution in [-0.4, -0.2) is 60.0 Å². The summed E-state index contributed by atoms with van der Waals surface area (Å²) in [6, 6.07) is -0.718. The van der Waals surface area contributed by atoms with Crippen molar-refractivity contribution in [2.75, 3.05) is 13.1 Å². The van der Waals surface area contributed by atoms with Crippen molar-refractivity contribution in [2.45, 2.75) is 57.4 Å². The van der Waals surface area contributed by atoms with Crippen molar-refractivity contribution in [3.05, 3.63) is 0 Å². The Morgan fingerprint density at radius 1 is 1.20 bits per heavy atom. The van der Waals surface area contributed by atoms with Crippen molar-refractivity contribution in [1.82, 2.24) is 15.5 Å². The summed E-state index contributed by atoms with van der Waals surface area (Å²) in [6.45, 7) is 5.45. The molecule has 0 aromatic heterocycles. The Balaban J connectivity index is 0.00000182. The van der Waals surface area contributed by atoms with Gasteiger partial charge in [-0.15, -0.1) is 12.4 Å². The second-order valence-corrected chi connectivity index (χ2v) is 7.65. The fraction of sp³-hybridized carbons (Fsp3) is 0.824. The van der Waals surface area contributed by atoms with Crippen LogP contribution >= 0.6 is 12.4 Å². The standard InChI is InChI=1S/C17H25N3O4.ClH/c1-8-5-6-18-7-10(8)19-15(21)9(2)20-16(22)13-11-3-4-12(24-11)14(13)17(20)23;/h8-14,18H,3-7H2,1-2H3,(H,19,21);1H. The highest BCUT2D eigenvalue weighted by molar-refractivity contribution is 6.09. The van der Waals surface area contributed by atoms with E-state index in [-0.39, 0.29) is 60.2 Å². The van der Waals surface area contributed by atoms with Crippen LogP contribution in [0.3, 0.4) is 0 Å². The van der Waals surface area contributed by atoms with Gasteiger partial charge >= 0.3 is 0 Å². The lowest BCUT2D eigenvalue weighted by molar-refractivity contribution is -0.149. The number of amides is 3. The van der Waals surface area contributed by atoms with Gasteiger partial charge in [0.1, 0.15) is 6.04 Å². The highest BCUT2D eigenvalue weighted by Gasteiger charge is 2.63. The molecule has 4 fully saturated rings. The Hall–Kier alpha value is -1.18. The number of halogens is 1. The molecule has 0 aliphatic carbocycles. The van der Waals surface area contributed by atoms with Crippen LogP contribution in [0.1, 0.15) is 33.1 Å². The van der Waals surface area contributed by atoms with Crippen LogP contribution in [0.5, 0.6) is 0 Å². The second kappa shape index (κ2) is 6.85. The first-order chi connectivity index (χ1) is 11.5. The SMILES string of the molecule is CC1CCNCC1NC(=O)C(C)N1C(=O)C2C3CCC(O3)C2C1=O.Cl. The van der Waals surface area contributed by atoms with Crippen LogP contribution in [0.15, 0.2) is 0 Å². The second-order valence-electron chi connectivity index (χ2n) is 7.65. The molecule has 4 aliphatic rings. The number of piperidine rings is 1. The van der Waals surface area contributed by atoms with Crippen molar-refractivity contribution in [3.8, 4) is 0 Å². The Morgan fingerprint density at radius 2 is 1.80 bits per heavy atom.